The molecule has 6 nitrogen and oxygen atoms in total. The Morgan fingerprint density at radius 2 is 2.19 bits per heavy atom. The van der Waals surface area contributed by atoms with Crippen LogP contribution in [0, 0.1) is 0 Å². The molecule has 0 radical (unpaired) electrons. The van der Waals surface area contributed by atoms with Crippen molar-refractivity contribution in [2.45, 2.75) is 26.0 Å². The predicted molar refractivity (Wildman–Crippen MR) is 78.5 cm³/mol. The van der Waals surface area contributed by atoms with E-state index in [-0.39, 0.29) is 17.9 Å². The molecule has 2 N–H and O–H groups in total. The number of rotatable bonds is 1. The minimum Gasteiger partial charge on any atom is -0.478 e. The number of hydrogen-bond donors (Lipinski definition) is 2. The maximum Gasteiger partial charge on any atom is 0.265 e. The van der Waals surface area contributed by atoms with Gasteiger partial charge < -0.3 is 20.3 Å². The van der Waals surface area contributed by atoms with Crippen LogP contribution >= 0.6 is 0 Å². The number of piperazine rings is 1. The summed E-state index contributed by atoms with van der Waals surface area (Å²) in [4.78, 5) is 26.2. The molecule has 1 saturated heterocycles. The van der Waals surface area contributed by atoms with Crippen LogP contribution in [0.4, 0.5) is 5.69 Å². The summed E-state index contributed by atoms with van der Waals surface area (Å²) in [6.07, 6.45) is -0.589. The summed E-state index contributed by atoms with van der Waals surface area (Å²) in [6.45, 7) is 5.86. The van der Waals surface area contributed by atoms with Gasteiger partial charge in [0.25, 0.3) is 11.8 Å². The van der Waals surface area contributed by atoms with E-state index in [1.807, 2.05) is 4.90 Å². The standard InChI is InChI=1S/C15H19N3O3/c1-9-8-18(7-6-16-9)15(20)11-4-3-5-12-13(11)21-10(2)14(19)17-12/h3-5,9-10,16H,6-8H2,1-2H3,(H,17,19). The number of nitrogens with zero attached hydrogens (tertiary/aromatic N) is 1. The van der Waals surface area contributed by atoms with Gasteiger partial charge in [-0.2, -0.15) is 0 Å². The topological polar surface area (TPSA) is 70.7 Å². The zero-order valence-electron chi connectivity index (χ0n) is 12.2. The second-order valence-corrected chi connectivity index (χ2v) is 5.54. The SMILES string of the molecule is CC1CN(C(=O)c2cccc3c2OC(C)C(=O)N3)CCN1. The first-order valence-electron chi connectivity index (χ1n) is 7.19. The van der Waals surface area contributed by atoms with Gasteiger partial charge >= 0.3 is 0 Å². The monoisotopic (exact) mass is 289 g/mol. The number of para-hydroxylation sites is 1. The Labute approximate surface area is 123 Å². The fraction of sp³-hybridized carbons (Fsp3) is 0.467. The second kappa shape index (κ2) is 5.37. The van der Waals surface area contributed by atoms with Crippen molar-refractivity contribution in [1.82, 2.24) is 10.2 Å². The average Bonchev–Trinajstić information content (AvgIpc) is 2.47. The third-order valence-corrected chi connectivity index (χ3v) is 3.82. The molecule has 0 saturated carbocycles. The van der Waals surface area contributed by atoms with E-state index in [1.54, 1.807) is 25.1 Å². The molecule has 0 bridgehead atoms. The van der Waals surface area contributed by atoms with E-state index >= 15 is 0 Å². The highest BCUT2D eigenvalue weighted by molar-refractivity contribution is 6.04. The van der Waals surface area contributed by atoms with Gasteiger partial charge in [-0.25, -0.2) is 0 Å². The Bertz CT molecular complexity index is 588. The van der Waals surface area contributed by atoms with Crippen LogP contribution in [0.1, 0.15) is 24.2 Å². The Balaban J connectivity index is 1.90. The van der Waals surface area contributed by atoms with Crippen molar-refractivity contribution in [2.24, 2.45) is 0 Å². The van der Waals surface area contributed by atoms with Gasteiger partial charge in [-0.1, -0.05) is 6.07 Å². The molecule has 21 heavy (non-hydrogen) atoms. The first kappa shape index (κ1) is 13.9. The molecule has 112 valence electrons. The van der Waals surface area contributed by atoms with E-state index < -0.39 is 6.10 Å². The van der Waals surface area contributed by atoms with Crippen LogP contribution in [0.5, 0.6) is 5.75 Å². The molecular formula is C15H19N3O3. The lowest BCUT2D eigenvalue weighted by Crippen LogP contribution is -2.51. The summed E-state index contributed by atoms with van der Waals surface area (Å²) in [7, 11) is 0. The summed E-state index contributed by atoms with van der Waals surface area (Å²) < 4.78 is 5.64. The van der Waals surface area contributed by atoms with E-state index in [0.717, 1.165) is 6.54 Å². The van der Waals surface area contributed by atoms with Gasteiger partial charge in [-0.3, -0.25) is 9.59 Å². The van der Waals surface area contributed by atoms with Crippen LogP contribution in [0.3, 0.4) is 0 Å². The van der Waals surface area contributed by atoms with Crippen molar-refractivity contribution in [1.29, 1.82) is 0 Å². The molecule has 2 aliphatic rings. The molecule has 1 aromatic rings. The Kier molecular flexibility index (Phi) is 3.55. The Morgan fingerprint density at radius 3 is 2.95 bits per heavy atom. The summed E-state index contributed by atoms with van der Waals surface area (Å²) in [5.41, 5.74) is 1.07. The van der Waals surface area contributed by atoms with Crippen molar-refractivity contribution in [2.75, 3.05) is 25.0 Å². The quantitative estimate of drug-likeness (QED) is 0.804. The molecule has 6 heteroatoms. The summed E-state index contributed by atoms with van der Waals surface area (Å²) in [5, 5.41) is 6.08. The van der Waals surface area contributed by atoms with E-state index in [1.165, 1.54) is 0 Å². The van der Waals surface area contributed by atoms with Crippen LogP contribution < -0.4 is 15.4 Å². The second-order valence-electron chi connectivity index (χ2n) is 5.54. The molecule has 2 atom stereocenters. The number of nitrogens with one attached hydrogen (secondary N) is 2. The molecule has 2 amide bonds. The first-order chi connectivity index (χ1) is 10.1. The van der Waals surface area contributed by atoms with Crippen molar-refractivity contribution in [3.8, 4) is 5.75 Å². The van der Waals surface area contributed by atoms with E-state index in [4.69, 9.17) is 4.74 Å². The van der Waals surface area contributed by atoms with Crippen molar-refractivity contribution >= 4 is 17.5 Å². The minimum absolute atomic E-state index is 0.0523. The van der Waals surface area contributed by atoms with Gasteiger partial charge in [0, 0.05) is 25.7 Å². The van der Waals surface area contributed by atoms with Crippen LogP contribution in [0.25, 0.3) is 0 Å². The van der Waals surface area contributed by atoms with Crippen molar-refractivity contribution in [3.05, 3.63) is 23.8 Å². The highest BCUT2D eigenvalue weighted by Gasteiger charge is 2.30. The van der Waals surface area contributed by atoms with Gasteiger partial charge in [0.15, 0.2) is 11.9 Å². The Hall–Kier alpha value is -2.08. The van der Waals surface area contributed by atoms with E-state index in [0.29, 0.717) is 30.1 Å². The average molecular weight is 289 g/mol. The van der Waals surface area contributed by atoms with Gasteiger partial charge in [0.1, 0.15) is 0 Å². The molecule has 0 spiro atoms. The van der Waals surface area contributed by atoms with Crippen LogP contribution in [0.2, 0.25) is 0 Å². The van der Waals surface area contributed by atoms with Crippen molar-refractivity contribution < 1.29 is 14.3 Å². The maximum atomic E-state index is 12.7. The largest absolute Gasteiger partial charge is 0.478 e. The van der Waals surface area contributed by atoms with E-state index in [9.17, 15) is 9.59 Å². The molecule has 2 unspecified atom stereocenters. The zero-order valence-corrected chi connectivity index (χ0v) is 12.2. The first-order valence-corrected chi connectivity index (χ1v) is 7.19. The fourth-order valence-corrected chi connectivity index (χ4v) is 2.68. The fourth-order valence-electron chi connectivity index (χ4n) is 2.68. The lowest BCUT2D eigenvalue weighted by molar-refractivity contribution is -0.122. The van der Waals surface area contributed by atoms with Crippen molar-refractivity contribution in [3.63, 3.8) is 0 Å². The minimum atomic E-state index is -0.589. The number of amides is 2. The highest BCUT2D eigenvalue weighted by Crippen LogP contribution is 2.34. The third kappa shape index (κ3) is 2.58. The lowest BCUT2D eigenvalue weighted by atomic mass is 10.1. The third-order valence-electron chi connectivity index (χ3n) is 3.82. The number of benzene rings is 1. The molecule has 2 heterocycles. The van der Waals surface area contributed by atoms with Gasteiger partial charge in [0.2, 0.25) is 0 Å². The zero-order chi connectivity index (χ0) is 15.0. The lowest BCUT2D eigenvalue weighted by Gasteiger charge is -2.33. The summed E-state index contributed by atoms with van der Waals surface area (Å²) >= 11 is 0. The van der Waals surface area contributed by atoms with Gasteiger partial charge in [-0.15, -0.1) is 0 Å². The smallest absolute Gasteiger partial charge is 0.265 e. The van der Waals surface area contributed by atoms with E-state index in [2.05, 4.69) is 17.6 Å². The molecule has 3 rings (SSSR count). The molecular weight excluding hydrogens is 270 g/mol. The summed E-state index contributed by atoms with van der Waals surface area (Å²) in [6, 6.07) is 5.54. The number of carbonyl (C=O) groups is 2. The normalized spacial score (nSPS) is 24.9. The highest BCUT2D eigenvalue weighted by atomic mass is 16.5. The molecule has 2 aliphatic heterocycles. The maximum absolute atomic E-state index is 12.7. The number of anilines is 1. The number of fused-ring (bicyclic) bond motifs is 1. The molecule has 1 fully saturated rings. The van der Waals surface area contributed by atoms with Crippen LogP contribution in [-0.2, 0) is 4.79 Å². The van der Waals surface area contributed by atoms with Gasteiger partial charge in [0.05, 0.1) is 11.3 Å². The Morgan fingerprint density at radius 1 is 1.38 bits per heavy atom. The van der Waals surface area contributed by atoms with Crippen LogP contribution in [0.15, 0.2) is 18.2 Å². The predicted octanol–water partition coefficient (Wildman–Crippen LogP) is 0.840. The summed E-state index contributed by atoms with van der Waals surface area (Å²) in [5.74, 6) is 0.229. The number of carbonyl (C=O) groups excluding carboxylic acids is 2. The number of ether oxygens (including phenoxy) is 1. The van der Waals surface area contributed by atoms with Gasteiger partial charge in [-0.05, 0) is 26.0 Å². The molecule has 0 aromatic heterocycles. The molecule has 1 aromatic carbocycles. The van der Waals surface area contributed by atoms with Crippen LogP contribution in [-0.4, -0.2) is 48.5 Å². The molecule has 0 aliphatic carbocycles. The number of hydrogen-bond acceptors (Lipinski definition) is 4.